The molecule has 1 fully saturated rings. The molecule has 0 saturated heterocycles. The molecule has 274 valence electrons. The minimum Gasteiger partial charge on any atom is -0.504 e. The lowest BCUT2D eigenvalue weighted by molar-refractivity contribution is -0.137. The number of alkyl halides is 3. The van der Waals surface area contributed by atoms with Crippen LogP contribution in [0.1, 0.15) is 83.9 Å². The number of rotatable bonds is 8. The number of anilines is 1. The Morgan fingerprint density at radius 3 is 2.62 bits per heavy atom. The first-order chi connectivity index (χ1) is 24.7. The molecule has 2 amide bonds. The van der Waals surface area contributed by atoms with Gasteiger partial charge in [0.1, 0.15) is 12.9 Å². The van der Waals surface area contributed by atoms with Crippen LogP contribution in [0.5, 0.6) is 5.75 Å². The maximum Gasteiger partial charge on any atom is 0.416 e. The van der Waals surface area contributed by atoms with Crippen LogP contribution in [0.15, 0.2) is 35.4 Å². The standard InChI is InChI=1S/C36H39F3N8O5/c1-5-45(33(51)29-30(49)20(3)40-18-41-29)25-9-7-23(25)35(4)13-10-26-28(35)32(50)47-34(43-31(44-47)21-11-14-52-15-12-21)46(26)17-27(48)42-24-8-6-22(16-19(24)2)36(37,38)39/h6,8,11,16,18,23,25,49H,5,7,9-10,12-15,17H2,1-4H3,(H,42,48)/t23?,25-,35?/m0/s1. The first-order valence-electron chi connectivity index (χ1n) is 17.3. The van der Waals surface area contributed by atoms with Gasteiger partial charge in [0.25, 0.3) is 11.5 Å². The number of halogens is 3. The topological polar surface area (TPSA) is 157 Å². The molecule has 3 atom stereocenters. The number of fused-ring (bicyclic) bond motifs is 2. The molecule has 13 nitrogen and oxygen atoms in total. The van der Waals surface area contributed by atoms with E-state index in [2.05, 4.69) is 20.4 Å². The van der Waals surface area contributed by atoms with Crippen molar-refractivity contribution in [3.8, 4) is 5.75 Å². The first-order valence-corrected chi connectivity index (χ1v) is 17.3. The summed E-state index contributed by atoms with van der Waals surface area (Å²) in [5, 5.41) is 18.0. The highest BCUT2D eigenvalue weighted by molar-refractivity contribution is 5.95. The lowest BCUT2D eigenvalue weighted by Gasteiger charge is -2.51. The summed E-state index contributed by atoms with van der Waals surface area (Å²) >= 11 is 0. The van der Waals surface area contributed by atoms with E-state index >= 15 is 0 Å². The molecule has 1 aliphatic heterocycles. The number of carbonyl (C=O) groups excluding carboxylic acids is 2. The third kappa shape index (κ3) is 5.91. The predicted octanol–water partition coefficient (Wildman–Crippen LogP) is 4.61. The molecule has 0 bridgehead atoms. The summed E-state index contributed by atoms with van der Waals surface area (Å²) in [6, 6.07) is 2.87. The van der Waals surface area contributed by atoms with Crippen molar-refractivity contribution >= 4 is 28.9 Å². The Morgan fingerprint density at radius 2 is 1.96 bits per heavy atom. The number of amides is 2. The number of carbonyl (C=O) groups is 2. The fraction of sp³-hybridized carbons (Fsp3) is 0.472. The third-order valence-electron chi connectivity index (χ3n) is 11.0. The van der Waals surface area contributed by atoms with Crippen molar-refractivity contribution in [1.82, 2.24) is 34.0 Å². The fourth-order valence-corrected chi connectivity index (χ4v) is 8.04. The van der Waals surface area contributed by atoms with Gasteiger partial charge in [-0.25, -0.2) is 9.97 Å². The van der Waals surface area contributed by atoms with Gasteiger partial charge in [-0.3, -0.25) is 14.4 Å². The Hall–Kier alpha value is -5.12. The maximum absolute atomic E-state index is 14.5. The van der Waals surface area contributed by atoms with Gasteiger partial charge in [0.2, 0.25) is 11.7 Å². The lowest BCUT2D eigenvalue weighted by atomic mass is 9.60. The van der Waals surface area contributed by atoms with E-state index in [1.165, 1.54) is 23.8 Å². The first kappa shape index (κ1) is 35.3. The molecule has 7 rings (SSSR count). The molecule has 4 heterocycles. The van der Waals surface area contributed by atoms with E-state index in [4.69, 9.17) is 9.72 Å². The quantitative estimate of drug-likeness (QED) is 0.265. The lowest BCUT2D eigenvalue weighted by Crippen LogP contribution is -2.57. The number of aromatic hydroxyl groups is 1. The monoisotopic (exact) mass is 720 g/mol. The van der Waals surface area contributed by atoms with E-state index < -0.39 is 29.0 Å². The molecule has 0 spiro atoms. The van der Waals surface area contributed by atoms with Crippen molar-refractivity contribution in [2.24, 2.45) is 5.92 Å². The van der Waals surface area contributed by atoms with Gasteiger partial charge in [-0.2, -0.15) is 22.7 Å². The highest BCUT2D eigenvalue weighted by atomic mass is 19.4. The second kappa shape index (κ2) is 13.1. The molecule has 2 unspecified atom stereocenters. The normalized spacial score (nSPS) is 21.4. The summed E-state index contributed by atoms with van der Waals surface area (Å²) in [7, 11) is 0. The number of nitrogens with zero attached hydrogens (tertiary/aromatic N) is 7. The number of nitrogens with one attached hydrogen (secondary N) is 1. The average molecular weight is 721 g/mol. The summed E-state index contributed by atoms with van der Waals surface area (Å²) in [6.07, 6.45) is 1.55. The number of ether oxygens (including phenoxy) is 1. The minimum atomic E-state index is -4.52. The molecule has 2 aliphatic carbocycles. The highest BCUT2D eigenvalue weighted by Crippen LogP contribution is 2.52. The Bertz CT molecular complexity index is 2190. The molecule has 3 aliphatic rings. The van der Waals surface area contributed by atoms with Gasteiger partial charge in [0.05, 0.1) is 24.5 Å². The summed E-state index contributed by atoms with van der Waals surface area (Å²) in [4.78, 5) is 56.5. The van der Waals surface area contributed by atoms with Crippen LogP contribution in [0.3, 0.4) is 0 Å². The summed E-state index contributed by atoms with van der Waals surface area (Å²) in [5.41, 5.74) is 0.753. The largest absolute Gasteiger partial charge is 0.504 e. The van der Waals surface area contributed by atoms with E-state index in [1.807, 2.05) is 19.9 Å². The van der Waals surface area contributed by atoms with Crippen LogP contribution in [0.4, 0.5) is 18.9 Å². The van der Waals surface area contributed by atoms with Gasteiger partial charge in [-0.15, -0.1) is 5.10 Å². The summed E-state index contributed by atoms with van der Waals surface area (Å²) < 4.78 is 48.3. The Labute approximate surface area is 296 Å². The molecule has 3 aromatic heterocycles. The van der Waals surface area contributed by atoms with Crippen molar-refractivity contribution in [2.45, 2.75) is 84.0 Å². The van der Waals surface area contributed by atoms with E-state index in [1.54, 1.807) is 16.4 Å². The van der Waals surface area contributed by atoms with Gasteiger partial charge >= 0.3 is 6.18 Å². The second-order valence-electron chi connectivity index (χ2n) is 13.9. The number of aromatic nitrogens is 6. The van der Waals surface area contributed by atoms with Gasteiger partial charge in [0.15, 0.2) is 17.3 Å². The van der Waals surface area contributed by atoms with Crippen LogP contribution in [0, 0.1) is 19.8 Å². The molecular formula is C36H39F3N8O5. The highest BCUT2D eigenvalue weighted by Gasteiger charge is 2.53. The van der Waals surface area contributed by atoms with Crippen LogP contribution < -0.4 is 10.9 Å². The molecule has 0 radical (unpaired) electrons. The molecule has 16 heteroatoms. The van der Waals surface area contributed by atoms with E-state index in [0.717, 1.165) is 24.1 Å². The zero-order valence-electron chi connectivity index (χ0n) is 29.3. The minimum absolute atomic E-state index is 0.0760. The average Bonchev–Trinajstić information content (AvgIpc) is 3.69. The van der Waals surface area contributed by atoms with Gasteiger partial charge in [-0.05, 0) is 88.1 Å². The van der Waals surface area contributed by atoms with Crippen LogP contribution in [-0.4, -0.2) is 76.8 Å². The van der Waals surface area contributed by atoms with Gasteiger partial charge in [-0.1, -0.05) is 13.0 Å². The van der Waals surface area contributed by atoms with Crippen molar-refractivity contribution in [2.75, 3.05) is 25.1 Å². The zero-order chi connectivity index (χ0) is 37.1. The number of aryl methyl sites for hydroxylation is 2. The smallest absolute Gasteiger partial charge is 0.416 e. The molecule has 1 saturated carbocycles. The van der Waals surface area contributed by atoms with E-state index in [9.17, 15) is 32.7 Å². The maximum atomic E-state index is 14.5. The Morgan fingerprint density at radius 1 is 1.17 bits per heavy atom. The molecular weight excluding hydrogens is 681 g/mol. The number of hydrogen-bond donors (Lipinski definition) is 2. The van der Waals surface area contributed by atoms with Crippen LogP contribution >= 0.6 is 0 Å². The molecule has 1 aromatic carbocycles. The Kier molecular flexibility index (Phi) is 8.91. The van der Waals surface area contributed by atoms with Crippen molar-refractivity contribution in [3.05, 3.63) is 80.6 Å². The van der Waals surface area contributed by atoms with Gasteiger partial charge in [0, 0.05) is 34.9 Å². The number of hydrogen-bond acceptors (Lipinski definition) is 9. The molecule has 2 N–H and O–H groups in total. The van der Waals surface area contributed by atoms with Crippen molar-refractivity contribution in [3.63, 3.8) is 0 Å². The summed E-state index contributed by atoms with van der Waals surface area (Å²) in [6.45, 7) is 7.88. The SMILES string of the molecule is CCN(C(=O)c1ncnc(C)c1O)[C@H]1CCC1C1(C)CCc2c1c(=O)n1nc(C3=CCOCC3)nc1n2CC(=O)Nc1ccc(C(F)(F)F)cc1C. The fourth-order valence-electron chi connectivity index (χ4n) is 8.04. The van der Waals surface area contributed by atoms with Crippen LogP contribution in [0.25, 0.3) is 11.4 Å². The zero-order valence-corrected chi connectivity index (χ0v) is 29.3. The number of benzene rings is 1. The van der Waals surface area contributed by atoms with E-state index in [0.29, 0.717) is 68.2 Å². The molecule has 4 aromatic rings. The Balaban J connectivity index is 1.28. The van der Waals surface area contributed by atoms with Crippen LogP contribution in [-0.2, 0) is 34.1 Å². The van der Waals surface area contributed by atoms with Crippen molar-refractivity contribution in [1.29, 1.82) is 0 Å². The second-order valence-corrected chi connectivity index (χ2v) is 13.9. The van der Waals surface area contributed by atoms with Crippen LogP contribution in [0.2, 0.25) is 0 Å². The van der Waals surface area contributed by atoms with Crippen molar-refractivity contribution < 1.29 is 32.6 Å². The molecule has 52 heavy (non-hydrogen) atoms. The summed E-state index contributed by atoms with van der Waals surface area (Å²) in [5.74, 6) is -0.802. The predicted molar refractivity (Wildman–Crippen MR) is 183 cm³/mol. The van der Waals surface area contributed by atoms with Gasteiger partial charge < -0.3 is 24.6 Å². The van der Waals surface area contributed by atoms with E-state index in [-0.39, 0.29) is 52.5 Å². The third-order valence-corrected chi connectivity index (χ3v) is 11.0.